The van der Waals surface area contributed by atoms with Crippen LogP contribution in [-0.4, -0.2) is 64.2 Å². The molecule has 0 saturated carbocycles. The molecule has 0 unspecified atom stereocenters. The quantitative estimate of drug-likeness (QED) is 0.127. The number of carbonyl (C=O) groups is 1. The molecule has 50 heavy (non-hydrogen) atoms. The van der Waals surface area contributed by atoms with Gasteiger partial charge in [0.25, 0.3) is 5.56 Å². The number of carbonyl (C=O) groups excluding carboxylic acids is 1. The standard InChI is InChI=1S/C41H46N4O4.ClH/c1-42(28-23-32-15-5-2-6-16-32)38(46)31-45-40(47)36-21-11-12-22-37(36)44(41(45)48)27-14-13-26-43-29-24-35(25-30-43)49-39(33-17-7-3-8-18-33)34-19-9-4-10-20-34;/h2-12,15-22,35,39H,13-14,23-31H2,1H3;1H. The van der Waals surface area contributed by atoms with Gasteiger partial charge in [-0.2, -0.15) is 0 Å². The van der Waals surface area contributed by atoms with Crippen LogP contribution < -0.4 is 11.2 Å². The third kappa shape index (κ3) is 9.18. The molecule has 1 fully saturated rings. The van der Waals surface area contributed by atoms with E-state index in [0.717, 1.165) is 55.4 Å². The maximum atomic E-state index is 13.7. The second-order valence-electron chi connectivity index (χ2n) is 13.0. The van der Waals surface area contributed by atoms with E-state index < -0.39 is 11.2 Å². The van der Waals surface area contributed by atoms with Gasteiger partial charge >= 0.3 is 5.69 Å². The van der Waals surface area contributed by atoms with Crippen molar-refractivity contribution < 1.29 is 9.53 Å². The van der Waals surface area contributed by atoms with E-state index in [1.54, 1.807) is 28.6 Å². The van der Waals surface area contributed by atoms with Crippen molar-refractivity contribution in [3.63, 3.8) is 0 Å². The first kappa shape index (κ1) is 36.8. The van der Waals surface area contributed by atoms with Gasteiger partial charge in [-0.25, -0.2) is 4.79 Å². The molecule has 0 atom stereocenters. The van der Waals surface area contributed by atoms with E-state index in [4.69, 9.17) is 4.74 Å². The van der Waals surface area contributed by atoms with E-state index in [2.05, 4.69) is 53.4 Å². The number of benzene rings is 4. The number of unbranched alkanes of at least 4 members (excludes halogenated alkanes) is 1. The number of piperidine rings is 1. The largest absolute Gasteiger partial charge is 0.365 e. The van der Waals surface area contributed by atoms with Gasteiger partial charge in [0.05, 0.1) is 17.0 Å². The second kappa shape index (κ2) is 17.9. The summed E-state index contributed by atoms with van der Waals surface area (Å²) in [4.78, 5) is 44.3. The number of rotatable bonds is 14. The zero-order valence-corrected chi connectivity index (χ0v) is 29.5. The number of likely N-dealkylation sites (tertiary alicyclic amines) is 1. The molecule has 1 amide bonds. The molecule has 0 aliphatic carbocycles. The Morgan fingerprint density at radius 1 is 0.760 bits per heavy atom. The predicted molar refractivity (Wildman–Crippen MR) is 202 cm³/mol. The van der Waals surface area contributed by atoms with Gasteiger partial charge in [0.2, 0.25) is 5.91 Å². The van der Waals surface area contributed by atoms with Crippen LogP contribution in [-0.2, 0) is 29.0 Å². The van der Waals surface area contributed by atoms with Crippen molar-refractivity contribution in [3.8, 4) is 0 Å². The van der Waals surface area contributed by atoms with Gasteiger partial charge in [0.1, 0.15) is 12.6 Å². The molecular weight excluding hydrogens is 648 g/mol. The van der Waals surface area contributed by atoms with E-state index in [9.17, 15) is 14.4 Å². The number of nitrogens with zero attached hydrogens (tertiary/aromatic N) is 4. The topological polar surface area (TPSA) is 76.8 Å². The highest BCUT2D eigenvalue weighted by molar-refractivity contribution is 5.85. The third-order valence-electron chi connectivity index (χ3n) is 9.60. The van der Waals surface area contributed by atoms with Crippen LogP contribution in [0.2, 0.25) is 0 Å². The van der Waals surface area contributed by atoms with E-state index in [1.165, 1.54) is 11.1 Å². The Morgan fingerprint density at radius 2 is 1.32 bits per heavy atom. The molecule has 2 heterocycles. The molecule has 4 aromatic carbocycles. The van der Waals surface area contributed by atoms with Crippen LogP contribution in [0.25, 0.3) is 10.9 Å². The Balaban J connectivity index is 0.00000486. The van der Waals surface area contributed by atoms with Crippen molar-refractivity contribution in [1.82, 2.24) is 18.9 Å². The summed E-state index contributed by atoms with van der Waals surface area (Å²) in [6, 6.07) is 38.0. The Kier molecular flexibility index (Phi) is 13.2. The number of aryl methyl sites for hydroxylation is 1. The molecule has 1 saturated heterocycles. The predicted octanol–water partition coefficient (Wildman–Crippen LogP) is 6.34. The van der Waals surface area contributed by atoms with Gasteiger partial charge in [-0.3, -0.25) is 18.7 Å². The minimum atomic E-state index is -0.433. The summed E-state index contributed by atoms with van der Waals surface area (Å²) in [6.07, 6.45) is 4.45. The average Bonchev–Trinajstić information content (AvgIpc) is 3.15. The Hall–Kier alpha value is -4.50. The third-order valence-corrected chi connectivity index (χ3v) is 9.60. The van der Waals surface area contributed by atoms with Gasteiger partial charge in [0.15, 0.2) is 0 Å². The molecule has 6 rings (SSSR count). The van der Waals surface area contributed by atoms with E-state index in [-0.39, 0.29) is 37.1 Å². The fourth-order valence-corrected chi connectivity index (χ4v) is 6.72. The summed E-state index contributed by atoms with van der Waals surface area (Å²) < 4.78 is 9.50. The molecule has 0 spiro atoms. The van der Waals surface area contributed by atoms with Crippen molar-refractivity contribution in [1.29, 1.82) is 0 Å². The van der Waals surface area contributed by atoms with Crippen LogP contribution >= 0.6 is 12.4 Å². The molecule has 1 aliphatic heterocycles. The number of hydrogen-bond donors (Lipinski definition) is 0. The number of amides is 1. The number of halogens is 1. The van der Waals surface area contributed by atoms with E-state index in [1.807, 2.05) is 54.6 Å². The van der Waals surface area contributed by atoms with Gasteiger partial charge < -0.3 is 14.5 Å². The molecule has 1 aliphatic rings. The molecule has 262 valence electrons. The Bertz CT molecular complexity index is 1880. The van der Waals surface area contributed by atoms with E-state index in [0.29, 0.717) is 30.4 Å². The molecule has 0 N–H and O–H groups in total. The van der Waals surface area contributed by atoms with Crippen molar-refractivity contribution in [2.45, 2.75) is 57.4 Å². The number of ether oxygens (including phenoxy) is 1. The highest BCUT2D eigenvalue weighted by Gasteiger charge is 2.25. The van der Waals surface area contributed by atoms with Crippen molar-refractivity contribution in [2.24, 2.45) is 0 Å². The fourth-order valence-electron chi connectivity index (χ4n) is 6.72. The first-order chi connectivity index (χ1) is 24.0. The summed E-state index contributed by atoms with van der Waals surface area (Å²) in [5.74, 6) is -0.261. The van der Waals surface area contributed by atoms with E-state index >= 15 is 0 Å². The highest BCUT2D eigenvalue weighted by atomic mass is 35.5. The average molecular weight is 695 g/mol. The maximum Gasteiger partial charge on any atom is 0.331 e. The molecule has 0 bridgehead atoms. The summed E-state index contributed by atoms with van der Waals surface area (Å²) >= 11 is 0. The Labute approximate surface area is 300 Å². The maximum absolute atomic E-state index is 13.7. The van der Waals surface area contributed by atoms with Crippen LogP contribution in [0.3, 0.4) is 0 Å². The van der Waals surface area contributed by atoms with Crippen molar-refractivity contribution in [2.75, 3.05) is 33.2 Å². The molecule has 0 radical (unpaired) electrons. The van der Waals surface area contributed by atoms with Crippen LogP contribution in [0, 0.1) is 0 Å². The zero-order chi connectivity index (χ0) is 34.0. The monoisotopic (exact) mass is 694 g/mol. The fraction of sp³-hybridized carbons (Fsp3) is 0.341. The number of aromatic nitrogens is 2. The van der Waals surface area contributed by atoms with Gasteiger partial charge in [-0.1, -0.05) is 103 Å². The van der Waals surface area contributed by atoms with Gasteiger partial charge in [0, 0.05) is 33.2 Å². The molecule has 1 aromatic heterocycles. The first-order valence-electron chi connectivity index (χ1n) is 17.5. The summed E-state index contributed by atoms with van der Waals surface area (Å²) in [6.45, 7) is 3.57. The number of para-hydroxylation sites is 1. The molecular formula is C41H47ClN4O4. The lowest BCUT2D eigenvalue weighted by molar-refractivity contribution is -0.130. The second-order valence-corrected chi connectivity index (χ2v) is 13.0. The number of likely N-dealkylation sites (N-methyl/N-ethyl adjacent to an activating group) is 1. The van der Waals surface area contributed by atoms with Gasteiger partial charge in [-0.05, 0) is 67.5 Å². The molecule has 9 heteroatoms. The SMILES string of the molecule is CN(CCc1ccccc1)C(=O)Cn1c(=O)c2ccccc2n(CCCCN2CCC(OC(c3ccccc3)c3ccccc3)CC2)c1=O.Cl. The lowest BCUT2D eigenvalue weighted by Crippen LogP contribution is -2.44. The summed E-state index contributed by atoms with van der Waals surface area (Å²) in [5, 5.41) is 0.452. The lowest BCUT2D eigenvalue weighted by Gasteiger charge is -2.34. The number of fused-ring (bicyclic) bond motifs is 1. The van der Waals surface area contributed by atoms with Crippen LogP contribution in [0.4, 0.5) is 0 Å². The normalized spacial score (nSPS) is 13.7. The first-order valence-corrected chi connectivity index (χ1v) is 17.5. The lowest BCUT2D eigenvalue weighted by atomic mass is 10.00. The zero-order valence-electron chi connectivity index (χ0n) is 28.7. The van der Waals surface area contributed by atoms with Crippen molar-refractivity contribution >= 4 is 29.2 Å². The summed E-state index contributed by atoms with van der Waals surface area (Å²) in [7, 11) is 1.72. The summed E-state index contributed by atoms with van der Waals surface area (Å²) in [5.41, 5.74) is 3.23. The van der Waals surface area contributed by atoms with Crippen LogP contribution in [0.5, 0.6) is 0 Å². The smallest absolute Gasteiger partial charge is 0.331 e. The molecule has 5 aromatic rings. The Morgan fingerprint density at radius 3 is 1.96 bits per heavy atom. The van der Waals surface area contributed by atoms with Crippen LogP contribution in [0.1, 0.15) is 48.5 Å². The van der Waals surface area contributed by atoms with Crippen LogP contribution in [0.15, 0.2) is 125 Å². The number of hydrogen-bond acceptors (Lipinski definition) is 5. The minimum absolute atomic E-state index is 0. The minimum Gasteiger partial charge on any atom is -0.365 e. The van der Waals surface area contributed by atoms with Gasteiger partial charge in [-0.15, -0.1) is 12.4 Å². The molecule has 8 nitrogen and oxygen atoms in total. The van der Waals surface area contributed by atoms with Crippen molar-refractivity contribution in [3.05, 3.63) is 153 Å². The highest BCUT2D eigenvalue weighted by Crippen LogP contribution is 2.30.